The Kier molecular flexibility index (Phi) is 3.29. The van der Waals surface area contributed by atoms with E-state index >= 15 is 0 Å². The molecule has 1 amide bonds. The summed E-state index contributed by atoms with van der Waals surface area (Å²) in [6.45, 7) is 2.31. The van der Waals surface area contributed by atoms with Crippen molar-refractivity contribution in [3.05, 3.63) is 23.7 Å². The molecular weight excluding hydrogens is 206 g/mol. The lowest BCUT2D eigenvalue weighted by atomic mass is 10.1. The highest BCUT2D eigenvalue weighted by molar-refractivity contribution is 5.95. The summed E-state index contributed by atoms with van der Waals surface area (Å²) in [5, 5.41) is 12.5. The topological polar surface area (TPSA) is 62.5 Å². The number of hydrogen-bond donors (Lipinski definition) is 2. The maximum atomic E-state index is 11.7. The molecule has 0 aromatic carbocycles. The second-order valence-corrected chi connectivity index (χ2v) is 4.36. The second kappa shape index (κ2) is 4.70. The maximum Gasteiger partial charge on any atom is 0.254 e. The molecule has 4 nitrogen and oxygen atoms in total. The van der Waals surface area contributed by atoms with Gasteiger partial charge in [-0.05, 0) is 25.8 Å². The van der Waals surface area contributed by atoms with E-state index in [4.69, 9.17) is 4.42 Å². The number of aryl methyl sites for hydroxylation is 1. The third-order valence-electron chi connectivity index (χ3n) is 3.25. The Morgan fingerprint density at radius 3 is 3.00 bits per heavy atom. The normalized spacial score (nSPS) is 24.6. The summed E-state index contributed by atoms with van der Waals surface area (Å²) in [6, 6.07) is 1.66. The van der Waals surface area contributed by atoms with E-state index in [9.17, 15) is 9.90 Å². The average Bonchev–Trinajstić information content (AvgIpc) is 2.84. The summed E-state index contributed by atoms with van der Waals surface area (Å²) in [7, 11) is 0. The van der Waals surface area contributed by atoms with Crippen LogP contribution in [-0.4, -0.2) is 23.7 Å². The molecule has 0 spiro atoms. The van der Waals surface area contributed by atoms with E-state index < -0.39 is 0 Å². The van der Waals surface area contributed by atoms with Crippen LogP contribution in [0, 0.1) is 12.8 Å². The first-order chi connectivity index (χ1) is 7.68. The van der Waals surface area contributed by atoms with Crippen LogP contribution in [0.15, 0.2) is 16.7 Å². The van der Waals surface area contributed by atoms with Crippen molar-refractivity contribution in [1.82, 2.24) is 5.32 Å². The average molecular weight is 223 g/mol. The molecule has 2 unspecified atom stereocenters. The van der Waals surface area contributed by atoms with Crippen LogP contribution in [0.3, 0.4) is 0 Å². The molecule has 0 radical (unpaired) electrons. The Hall–Kier alpha value is -1.29. The maximum absolute atomic E-state index is 11.7. The van der Waals surface area contributed by atoms with E-state index in [1.54, 1.807) is 13.0 Å². The minimum atomic E-state index is -0.259. The predicted molar refractivity (Wildman–Crippen MR) is 59.1 cm³/mol. The number of amides is 1. The van der Waals surface area contributed by atoms with Gasteiger partial charge < -0.3 is 14.8 Å². The summed E-state index contributed by atoms with van der Waals surface area (Å²) < 4.78 is 5.07. The van der Waals surface area contributed by atoms with Crippen LogP contribution >= 0.6 is 0 Å². The van der Waals surface area contributed by atoms with Gasteiger partial charge in [0.1, 0.15) is 5.76 Å². The molecular formula is C12H17NO3. The van der Waals surface area contributed by atoms with E-state index in [0.717, 1.165) is 19.3 Å². The zero-order valence-corrected chi connectivity index (χ0v) is 9.40. The van der Waals surface area contributed by atoms with Crippen LogP contribution < -0.4 is 5.32 Å². The number of aliphatic hydroxyl groups excluding tert-OH is 1. The van der Waals surface area contributed by atoms with Gasteiger partial charge in [0.2, 0.25) is 0 Å². The fourth-order valence-electron chi connectivity index (χ4n) is 2.19. The third kappa shape index (κ3) is 2.27. The van der Waals surface area contributed by atoms with Gasteiger partial charge in [-0.1, -0.05) is 6.42 Å². The molecule has 1 aliphatic rings. The van der Waals surface area contributed by atoms with Crippen LogP contribution in [0.5, 0.6) is 0 Å². The molecule has 2 N–H and O–H groups in total. The SMILES string of the molecule is Cc1occc1C(=O)NCC1CCCC1O. The highest BCUT2D eigenvalue weighted by atomic mass is 16.3. The lowest BCUT2D eigenvalue weighted by molar-refractivity contribution is 0.0915. The number of rotatable bonds is 3. The summed E-state index contributed by atoms with van der Waals surface area (Å²) in [4.78, 5) is 11.7. The molecule has 1 aliphatic carbocycles. The van der Waals surface area contributed by atoms with Gasteiger partial charge >= 0.3 is 0 Å². The molecule has 1 aromatic heterocycles. The number of hydrogen-bond acceptors (Lipinski definition) is 3. The highest BCUT2D eigenvalue weighted by Gasteiger charge is 2.25. The van der Waals surface area contributed by atoms with E-state index in [1.165, 1.54) is 6.26 Å². The standard InChI is InChI=1S/C12H17NO3/c1-8-10(5-6-16-8)12(15)13-7-9-3-2-4-11(9)14/h5-6,9,11,14H,2-4,7H2,1H3,(H,13,15). The first-order valence-electron chi connectivity index (χ1n) is 5.69. The Morgan fingerprint density at radius 1 is 1.62 bits per heavy atom. The molecule has 88 valence electrons. The smallest absolute Gasteiger partial charge is 0.254 e. The van der Waals surface area contributed by atoms with Crippen molar-refractivity contribution in [2.24, 2.45) is 5.92 Å². The summed E-state index contributed by atoms with van der Waals surface area (Å²) in [5.74, 6) is 0.714. The van der Waals surface area contributed by atoms with Crippen LogP contribution in [0.1, 0.15) is 35.4 Å². The van der Waals surface area contributed by atoms with E-state index in [-0.39, 0.29) is 17.9 Å². The van der Waals surface area contributed by atoms with Gasteiger partial charge in [-0.2, -0.15) is 0 Å². The van der Waals surface area contributed by atoms with Gasteiger partial charge in [-0.25, -0.2) is 0 Å². The van der Waals surface area contributed by atoms with E-state index in [2.05, 4.69) is 5.32 Å². The Bertz CT molecular complexity index is 372. The van der Waals surface area contributed by atoms with Crippen LogP contribution in [0.2, 0.25) is 0 Å². The third-order valence-corrected chi connectivity index (χ3v) is 3.25. The molecule has 2 rings (SSSR count). The zero-order chi connectivity index (χ0) is 11.5. The van der Waals surface area contributed by atoms with Gasteiger partial charge in [-0.15, -0.1) is 0 Å². The second-order valence-electron chi connectivity index (χ2n) is 4.36. The Balaban J connectivity index is 1.86. The van der Waals surface area contributed by atoms with Crippen molar-refractivity contribution in [1.29, 1.82) is 0 Å². The van der Waals surface area contributed by atoms with Crippen molar-refractivity contribution in [3.8, 4) is 0 Å². The van der Waals surface area contributed by atoms with Gasteiger partial charge in [0, 0.05) is 12.5 Å². The number of nitrogens with one attached hydrogen (secondary N) is 1. The fourth-order valence-corrected chi connectivity index (χ4v) is 2.19. The van der Waals surface area contributed by atoms with Crippen molar-refractivity contribution >= 4 is 5.91 Å². The largest absolute Gasteiger partial charge is 0.469 e. The quantitative estimate of drug-likeness (QED) is 0.815. The molecule has 16 heavy (non-hydrogen) atoms. The van der Waals surface area contributed by atoms with Crippen molar-refractivity contribution < 1.29 is 14.3 Å². The molecule has 0 bridgehead atoms. The first kappa shape index (κ1) is 11.2. The molecule has 1 saturated carbocycles. The minimum absolute atomic E-state index is 0.120. The Morgan fingerprint density at radius 2 is 2.44 bits per heavy atom. The van der Waals surface area contributed by atoms with E-state index in [1.807, 2.05) is 0 Å². The highest BCUT2D eigenvalue weighted by Crippen LogP contribution is 2.24. The summed E-state index contributed by atoms with van der Waals surface area (Å²) >= 11 is 0. The van der Waals surface area contributed by atoms with Gasteiger partial charge in [0.15, 0.2) is 0 Å². The first-order valence-corrected chi connectivity index (χ1v) is 5.69. The summed E-state index contributed by atoms with van der Waals surface area (Å²) in [6.07, 6.45) is 4.14. The van der Waals surface area contributed by atoms with E-state index in [0.29, 0.717) is 17.9 Å². The molecule has 2 atom stereocenters. The molecule has 1 aromatic rings. The fraction of sp³-hybridized carbons (Fsp3) is 0.583. The number of furan rings is 1. The van der Waals surface area contributed by atoms with Gasteiger partial charge in [0.05, 0.1) is 17.9 Å². The number of aliphatic hydroxyl groups is 1. The lowest BCUT2D eigenvalue weighted by Crippen LogP contribution is -2.32. The molecule has 4 heteroatoms. The number of carbonyl (C=O) groups excluding carboxylic acids is 1. The predicted octanol–water partition coefficient (Wildman–Crippen LogP) is 1.48. The van der Waals surface area contributed by atoms with Gasteiger partial charge in [0.25, 0.3) is 5.91 Å². The van der Waals surface area contributed by atoms with Crippen molar-refractivity contribution in [3.63, 3.8) is 0 Å². The molecule has 1 heterocycles. The van der Waals surface area contributed by atoms with Crippen LogP contribution in [0.25, 0.3) is 0 Å². The van der Waals surface area contributed by atoms with Crippen LogP contribution in [-0.2, 0) is 0 Å². The van der Waals surface area contributed by atoms with Crippen LogP contribution in [0.4, 0.5) is 0 Å². The van der Waals surface area contributed by atoms with Crippen molar-refractivity contribution in [2.45, 2.75) is 32.3 Å². The zero-order valence-electron chi connectivity index (χ0n) is 9.40. The molecule has 0 aliphatic heterocycles. The van der Waals surface area contributed by atoms with Crippen molar-refractivity contribution in [2.75, 3.05) is 6.54 Å². The minimum Gasteiger partial charge on any atom is -0.469 e. The molecule has 1 fully saturated rings. The van der Waals surface area contributed by atoms with Gasteiger partial charge in [-0.3, -0.25) is 4.79 Å². The molecule has 0 saturated heterocycles. The summed E-state index contributed by atoms with van der Waals surface area (Å²) in [5.41, 5.74) is 0.576. The lowest BCUT2D eigenvalue weighted by Gasteiger charge is -2.14. The Labute approximate surface area is 94.6 Å². The number of carbonyl (C=O) groups is 1. The monoisotopic (exact) mass is 223 g/mol.